The van der Waals surface area contributed by atoms with Crippen molar-refractivity contribution in [2.24, 2.45) is 0 Å². The van der Waals surface area contributed by atoms with Crippen molar-refractivity contribution in [2.75, 3.05) is 13.1 Å². The molecule has 1 fully saturated rings. The summed E-state index contributed by atoms with van der Waals surface area (Å²) in [5.41, 5.74) is 0.944. The SMILES string of the molecule is O=C(CN1CCCC1C(=O)NCc1ccco1)NCc1cccc(Cl)c1. The van der Waals surface area contributed by atoms with Gasteiger partial charge in [0.05, 0.1) is 25.4 Å². The molecule has 1 aromatic carbocycles. The smallest absolute Gasteiger partial charge is 0.237 e. The molecule has 0 spiro atoms. The number of amides is 2. The number of likely N-dealkylation sites (tertiary alicyclic amines) is 1. The molecule has 2 aromatic rings. The minimum absolute atomic E-state index is 0.0680. The highest BCUT2D eigenvalue weighted by molar-refractivity contribution is 6.30. The first-order valence-electron chi connectivity index (χ1n) is 8.67. The maximum atomic E-state index is 12.4. The fraction of sp³-hybridized carbons (Fsp3) is 0.368. The van der Waals surface area contributed by atoms with E-state index in [9.17, 15) is 9.59 Å². The number of nitrogens with one attached hydrogen (secondary N) is 2. The molecule has 2 heterocycles. The van der Waals surface area contributed by atoms with Crippen LogP contribution in [0, 0.1) is 0 Å². The van der Waals surface area contributed by atoms with Crippen LogP contribution in [-0.2, 0) is 22.7 Å². The van der Waals surface area contributed by atoms with E-state index >= 15 is 0 Å². The highest BCUT2D eigenvalue weighted by Gasteiger charge is 2.31. The summed E-state index contributed by atoms with van der Waals surface area (Å²) in [5, 5.41) is 6.40. The number of nitrogens with zero attached hydrogens (tertiary/aromatic N) is 1. The first-order valence-corrected chi connectivity index (χ1v) is 9.05. The standard InChI is InChI=1S/C19H22ClN3O3/c20-15-5-1-4-14(10-15)11-21-18(24)13-23-8-2-7-17(23)19(25)22-12-16-6-3-9-26-16/h1,3-6,9-10,17H,2,7-8,11-13H2,(H,21,24)(H,22,25). The van der Waals surface area contributed by atoms with Gasteiger partial charge < -0.3 is 15.1 Å². The molecule has 1 unspecified atom stereocenters. The monoisotopic (exact) mass is 375 g/mol. The number of benzene rings is 1. The second-order valence-electron chi connectivity index (χ2n) is 6.33. The van der Waals surface area contributed by atoms with Crippen molar-refractivity contribution in [3.05, 3.63) is 59.0 Å². The first kappa shape index (κ1) is 18.5. The van der Waals surface area contributed by atoms with E-state index in [1.165, 1.54) is 0 Å². The lowest BCUT2D eigenvalue weighted by Gasteiger charge is -2.23. The van der Waals surface area contributed by atoms with E-state index in [4.69, 9.17) is 16.0 Å². The quantitative estimate of drug-likeness (QED) is 0.779. The molecule has 2 amide bonds. The van der Waals surface area contributed by atoms with Gasteiger partial charge in [0.2, 0.25) is 11.8 Å². The van der Waals surface area contributed by atoms with Crippen LogP contribution < -0.4 is 10.6 Å². The van der Waals surface area contributed by atoms with Gasteiger partial charge in [-0.1, -0.05) is 23.7 Å². The maximum Gasteiger partial charge on any atom is 0.237 e. The third-order valence-electron chi connectivity index (χ3n) is 4.41. The Labute approximate surface area is 157 Å². The lowest BCUT2D eigenvalue weighted by Crippen LogP contribution is -2.46. The molecule has 26 heavy (non-hydrogen) atoms. The van der Waals surface area contributed by atoms with Gasteiger partial charge >= 0.3 is 0 Å². The van der Waals surface area contributed by atoms with Gasteiger partial charge in [0.1, 0.15) is 5.76 Å². The molecule has 1 aromatic heterocycles. The number of carbonyl (C=O) groups excluding carboxylic acids is 2. The van der Waals surface area contributed by atoms with E-state index in [0.717, 1.165) is 24.9 Å². The second kappa shape index (κ2) is 8.87. The van der Waals surface area contributed by atoms with Crippen LogP contribution in [0.4, 0.5) is 0 Å². The third kappa shape index (κ3) is 5.09. The molecule has 7 heteroatoms. The number of hydrogen-bond acceptors (Lipinski definition) is 4. The van der Waals surface area contributed by atoms with Crippen molar-refractivity contribution in [2.45, 2.75) is 32.0 Å². The van der Waals surface area contributed by atoms with Gasteiger partial charge in [-0.25, -0.2) is 0 Å². The Morgan fingerprint density at radius 3 is 2.85 bits per heavy atom. The Morgan fingerprint density at radius 1 is 1.19 bits per heavy atom. The number of furan rings is 1. The molecule has 0 bridgehead atoms. The Hall–Kier alpha value is -2.31. The normalized spacial score (nSPS) is 17.2. The number of halogens is 1. The molecule has 3 rings (SSSR count). The largest absolute Gasteiger partial charge is 0.467 e. The minimum atomic E-state index is -0.276. The van der Waals surface area contributed by atoms with E-state index in [1.54, 1.807) is 18.4 Å². The summed E-state index contributed by atoms with van der Waals surface area (Å²) < 4.78 is 5.22. The van der Waals surface area contributed by atoms with Gasteiger partial charge in [-0.3, -0.25) is 14.5 Å². The van der Waals surface area contributed by atoms with Crippen LogP contribution in [0.2, 0.25) is 5.02 Å². The predicted octanol–water partition coefficient (Wildman–Crippen LogP) is 2.33. The molecule has 1 saturated heterocycles. The molecule has 138 valence electrons. The van der Waals surface area contributed by atoms with Crippen LogP contribution >= 0.6 is 11.6 Å². The topological polar surface area (TPSA) is 74.6 Å². The number of hydrogen-bond donors (Lipinski definition) is 2. The van der Waals surface area contributed by atoms with Crippen molar-refractivity contribution in [3.8, 4) is 0 Å². The molecule has 0 saturated carbocycles. The first-order chi connectivity index (χ1) is 12.6. The molecule has 0 radical (unpaired) electrons. The Kier molecular flexibility index (Phi) is 6.30. The van der Waals surface area contributed by atoms with Gasteiger partial charge in [-0.15, -0.1) is 0 Å². The van der Waals surface area contributed by atoms with Crippen LogP contribution in [-0.4, -0.2) is 35.8 Å². The molecular weight excluding hydrogens is 354 g/mol. The molecule has 0 aliphatic carbocycles. The lowest BCUT2D eigenvalue weighted by molar-refractivity contribution is -0.127. The zero-order valence-corrected chi connectivity index (χ0v) is 15.2. The molecule has 1 atom stereocenters. The van der Waals surface area contributed by atoms with Crippen LogP contribution in [0.25, 0.3) is 0 Å². The fourth-order valence-corrected chi connectivity index (χ4v) is 3.32. The van der Waals surface area contributed by atoms with Crippen LogP contribution in [0.1, 0.15) is 24.2 Å². The van der Waals surface area contributed by atoms with E-state index in [-0.39, 0.29) is 24.4 Å². The van der Waals surface area contributed by atoms with Crippen molar-refractivity contribution < 1.29 is 14.0 Å². The van der Waals surface area contributed by atoms with Crippen LogP contribution in [0.5, 0.6) is 0 Å². The Balaban J connectivity index is 1.46. The molecule has 2 N–H and O–H groups in total. The summed E-state index contributed by atoms with van der Waals surface area (Å²) in [6.45, 7) is 1.72. The molecule has 1 aliphatic heterocycles. The highest BCUT2D eigenvalue weighted by Crippen LogP contribution is 2.17. The second-order valence-corrected chi connectivity index (χ2v) is 6.77. The summed E-state index contributed by atoms with van der Waals surface area (Å²) >= 11 is 5.95. The van der Waals surface area contributed by atoms with E-state index < -0.39 is 0 Å². The van der Waals surface area contributed by atoms with Crippen molar-refractivity contribution in [1.82, 2.24) is 15.5 Å². The predicted molar refractivity (Wildman–Crippen MR) is 98.4 cm³/mol. The highest BCUT2D eigenvalue weighted by atomic mass is 35.5. The van der Waals surface area contributed by atoms with Crippen LogP contribution in [0.15, 0.2) is 47.1 Å². The van der Waals surface area contributed by atoms with Gasteiger partial charge in [-0.2, -0.15) is 0 Å². The molecule has 1 aliphatic rings. The lowest BCUT2D eigenvalue weighted by atomic mass is 10.2. The summed E-state index contributed by atoms with van der Waals surface area (Å²) in [4.78, 5) is 26.6. The summed E-state index contributed by atoms with van der Waals surface area (Å²) in [5.74, 6) is 0.541. The maximum absolute atomic E-state index is 12.4. The molecular formula is C19H22ClN3O3. The van der Waals surface area contributed by atoms with Gasteiger partial charge in [0.25, 0.3) is 0 Å². The Morgan fingerprint density at radius 2 is 2.08 bits per heavy atom. The van der Waals surface area contributed by atoms with E-state index in [2.05, 4.69) is 10.6 Å². The summed E-state index contributed by atoms with van der Waals surface area (Å²) in [7, 11) is 0. The van der Waals surface area contributed by atoms with Crippen molar-refractivity contribution in [3.63, 3.8) is 0 Å². The molecule has 6 nitrogen and oxygen atoms in total. The zero-order chi connectivity index (χ0) is 18.4. The van der Waals surface area contributed by atoms with E-state index in [0.29, 0.717) is 23.9 Å². The summed E-state index contributed by atoms with van der Waals surface area (Å²) in [6.07, 6.45) is 3.24. The average molecular weight is 376 g/mol. The Bertz CT molecular complexity index is 748. The minimum Gasteiger partial charge on any atom is -0.467 e. The fourth-order valence-electron chi connectivity index (χ4n) is 3.11. The van der Waals surface area contributed by atoms with Crippen molar-refractivity contribution in [1.29, 1.82) is 0 Å². The van der Waals surface area contributed by atoms with Gasteiger partial charge in [0, 0.05) is 11.6 Å². The van der Waals surface area contributed by atoms with Gasteiger partial charge in [-0.05, 0) is 49.2 Å². The van der Waals surface area contributed by atoms with Gasteiger partial charge in [0.15, 0.2) is 0 Å². The average Bonchev–Trinajstić information content (AvgIpc) is 3.30. The zero-order valence-electron chi connectivity index (χ0n) is 14.4. The third-order valence-corrected chi connectivity index (χ3v) is 4.64. The van der Waals surface area contributed by atoms with E-state index in [1.807, 2.05) is 29.2 Å². The number of rotatable bonds is 7. The van der Waals surface area contributed by atoms with Crippen LogP contribution in [0.3, 0.4) is 0 Å². The number of carbonyl (C=O) groups is 2. The van der Waals surface area contributed by atoms with Crippen molar-refractivity contribution >= 4 is 23.4 Å². The summed E-state index contributed by atoms with van der Waals surface area (Å²) in [6, 6.07) is 10.7.